The molecule has 0 unspecified atom stereocenters. The molecule has 1 aromatic rings. The van der Waals surface area contributed by atoms with Crippen LogP contribution in [0.2, 0.25) is 5.02 Å². The highest BCUT2D eigenvalue weighted by molar-refractivity contribution is 7.90. The van der Waals surface area contributed by atoms with Gasteiger partial charge in [0.25, 0.3) is 0 Å². The SMILES string of the molecule is COc1ccc(Cl)c(NS(=O)(=O)N2CCC(CN)CC2)c1. The third-order valence-corrected chi connectivity index (χ3v) is 5.51. The Bertz CT molecular complexity index is 586. The summed E-state index contributed by atoms with van der Waals surface area (Å²) in [4.78, 5) is 0. The smallest absolute Gasteiger partial charge is 0.301 e. The van der Waals surface area contributed by atoms with Gasteiger partial charge in [-0.3, -0.25) is 4.72 Å². The molecule has 0 aliphatic carbocycles. The van der Waals surface area contributed by atoms with Crippen molar-refractivity contribution < 1.29 is 13.2 Å². The molecular weight excluding hydrogens is 314 g/mol. The number of hydrogen-bond donors (Lipinski definition) is 2. The number of piperidine rings is 1. The van der Waals surface area contributed by atoms with Crippen molar-refractivity contribution in [2.24, 2.45) is 11.7 Å². The fourth-order valence-electron chi connectivity index (χ4n) is 2.30. The molecule has 1 aromatic carbocycles. The van der Waals surface area contributed by atoms with E-state index in [0.717, 1.165) is 12.8 Å². The highest BCUT2D eigenvalue weighted by Crippen LogP contribution is 2.28. The monoisotopic (exact) mass is 333 g/mol. The highest BCUT2D eigenvalue weighted by atomic mass is 35.5. The lowest BCUT2D eigenvalue weighted by Crippen LogP contribution is -2.42. The van der Waals surface area contributed by atoms with Gasteiger partial charge in [0, 0.05) is 19.2 Å². The van der Waals surface area contributed by atoms with Crippen molar-refractivity contribution in [3.63, 3.8) is 0 Å². The zero-order valence-electron chi connectivity index (χ0n) is 11.9. The van der Waals surface area contributed by atoms with E-state index in [4.69, 9.17) is 22.1 Å². The normalized spacial score (nSPS) is 17.7. The minimum Gasteiger partial charge on any atom is -0.497 e. The molecule has 2 rings (SSSR count). The Balaban J connectivity index is 2.11. The zero-order chi connectivity index (χ0) is 15.5. The second-order valence-corrected chi connectivity index (χ2v) is 7.11. The summed E-state index contributed by atoms with van der Waals surface area (Å²) in [5.74, 6) is 0.941. The van der Waals surface area contributed by atoms with E-state index in [-0.39, 0.29) is 0 Å². The summed E-state index contributed by atoms with van der Waals surface area (Å²) in [6, 6.07) is 4.83. The Hall–Kier alpha value is -1.02. The summed E-state index contributed by atoms with van der Waals surface area (Å²) in [6.07, 6.45) is 1.56. The van der Waals surface area contributed by atoms with Crippen LogP contribution in [-0.4, -0.2) is 39.5 Å². The van der Waals surface area contributed by atoms with Crippen LogP contribution in [0.1, 0.15) is 12.8 Å². The van der Waals surface area contributed by atoms with Crippen molar-refractivity contribution in [3.8, 4) is 5.75 Å². The number of anilines is 1. The number of methoxy groups -OCH3 is 1. The molecule has 6 nitrogen and oxygen atoms in total. The first-order valence-corrected chi connectivity index (χ1v) is 8.59. The van der Waals surface area contributed by atoms with E-state index in [0.29, 0.717) is 42.0 Å². The summed E-state index contributed by atoms with van der Waals surface area (Å²) in [5, 5.41) is 0.330. The van der Waals surface area contributed by atoms with Gasteiger partial charge in [0.1, 0.15) is 5.75 Å². The summed E-state index contributed by atoms with van der Waals surface area (Å²) in [5.41, 5.74) is 5.93. The molecule has 1 aliphatic rings. The molecule has 1 saturated heterocycles. The fourth-order valence-corrected chi connectivity index (χ4v) is 3.79. The maximum atomic E-state index is 12.4. The van der Waals surface area contributed by atoms with Crippen molar-refractivity contribution >= 4 is 27.5 Å². The van der Waals surface area contributed by atoms with Gasteiger partial charge in [-0.05, 0) is 37.4 Å². The van der Waals surface area contributed by atoms with Crippen molar-refractivity contribution in [1.29, 1.82) is 0 Å². The highest BCUT2D eigenvalue weighted by Gasteiger charge is 2.27. The second-order valence-electron chi connectivity index (χ2n) is 5.03. The van der Waals surface area contributed by atoms with E-state index in [2.05, 4.69) is 4.72 Å². The van der Waals surface area contributed by atoms with Crippen molar-refractivity contribution in [2.45, 2.75) is 12.8 Å². The van der Waals surface area contributed by atoms with Crippen LogP contribution in [0.4, 0.5) is 5.69 Å². The van der Waals surface area contributed by atoms with E-state index in [1.807, 2.05) is 0 Å². The lowest BCUT2D eigenvalue weighted by molar-refractivity contribution is 0.280. The number of rotatable bonds is 5. The first-order valence-electron chi connectivity index (χ1n) is 6.77. The van der Waals surface area contributed by atoms with E-state index in [1.54, 1.807) is 18.2 Å². The largest absolute Gasteiger partial charge is 0.497 e. The standard InChI is InChI=1S/C13H20ClN3O3S/c1-20-11-2-3-12(14)13(8-11)16-21(18,19)17-6-4-10(9-15)5-7-17/h2-3,8,10,16H,4-7,9,15H2,1H3. The lowest BCUT2D eigenvalue weighted by atomic mass is 9.99. The van der Waals surface area contributed by atoms with Gasteiger partial charge in [0.05, 0.1) is 17.8 Å². The third kappa shape index (κ3) is 4.00. The van der Waals surface area contributed by atoms with Gasteiger partial charge in [-0.25, -0.2) is 0 Å². The second kappa shape index (κ2) is 6.83. The summed E-state index contributed by atoms with van der Waals surface area (Å²) in [6.45, 7) is 1.54. The van der Waals surface area contributed by atoms with E-state index in [1.165, 1.54) is 11.4 Å². The number of nitrogens with zero attached hydrogens (tertiary/aromatic N) is 1. The number of benzene rings is 1. The molecule has 1 fully saturated rings. The molecule has 0 spiro atoms. The summed E-state index contributed by atoms with van der Waals surface area (Å²) in [7, 11) is -2.10. The first kappa shape index (κ1) is 16.4. The minimum absolute atomic E-state index is 0.317. The van der Waals surface area contributed by atoms with Gasteiger partial charge >= 0.3 is 10.2 Å². The Morgan fingerprint density at radius 2 is 2.10 bits per heavy atom. The van der Waals surface area contributed by atoms with Gasteiger partial charge in [-0.1, -0.05) is 11.6 Å². The van der Waals surface area contributed by atoms with E-state index >= 15 is 0 Å². The fraction of sp³-hybridized carbons (Fsp3) is 0.538. The Morgan fingerprint density at radius 3 is 2.67 bits per heavy atom. The molecule has 0 aromatic heterocycles. The Morgan fingerprint density at radius 1 is 1.43 bits per heavy atom. The molecule has 0 saturated carbocycles. The third-order valence-electron chi connectivity index (χ3n) is 3.66. The van der Waals surface area contributed by atoms with Crippen LogP contribution in [0.3, 0.4) is 0 Å². The van der Waals surface area contributed by atoms with Crippen LogP contribution in [0.25, 0.3) is 0 Å². The van der Waals surface area contributed by atoms with E-state index < -0.39 is 10.2 Å². The molecule has 0 bridgehead atoms. The lowest BCUT2D eigenvalue weighted by Gasteiger charge is -2.30. The van der Waals surface area contributed by atoms with Crippen LogP contribution < -0.4 is 15.2 Å². The molecule has 118 valence electrons. The van der Waals surface area contributed by atoms with Crippen LogP contribution in [0.5, 0.6) is 5.75 Å². The quantitative estimate of drug-likeness (QED) is 0.858. The van der Waals surface area contributed by atoms with Crippen LogP contribution in [0, 0.1) is 5.92 Å². The zero-order valence-corrected chi connectivity index (χ0v) is 13.5. The first-order chi connectivity index (χ1) is 9.96. The van der Waals surface area contributed by atoms with Crippen molar-refractivity contribution in [2.75, 3.05) is 31.5 Å². The molecule has 0 amide bonds. The predicted molar refractivity (Wildman–Crippen MR) is 83.9 cm³/mol. The van der Waals surface area contributed by atoms with Gasteiger partial charge in [-0.15, -0.1) is 0 Å². The molecule has 8 heteroatoms. The Labute approximate surface area is 130 Å². The van der Waals surface area contributed by atoms with Gasteiger partial charge < -0.3 is 10.5 Å². The number of halogens is 1. The molecule has 1 heterocycles. The minimum atomic E-state index is -3.61. The number of nitrogens with two attached hydrogens (primary N) is 1. The van der Waals surface area contributed by atoms with Crippen molar-refractivity contribution in [3.05, 3.63) is 23.2 Å². The number of nitrogens with one attached hydrogen (secondary N) is 1. The molecule has 0 radical (unpaired) electrons. The topological polar surface area (TPSA) is 84.7 Å². The van der Waals surface area contributed by atoms with Gasteiger partial charge in [-0.2, -0.15) is 12.7 Å². The van der Waals surface area contributed by atoms with Crippen molar-refractivity contribution in [1.82, 2.24) is 4.31 Å². The molecular formula is C13H20ClN3O3S. The summed E-state index contributed by atoms with van der Waals surface area (Å²) >= 11 is 6.03. The van der Waals surface area contributed by atoms with Crippen LogP contribution in [0.15, 0.2) is 18.2 Å². The van der Waals surface area contributed by atoms with Crippen LogP contribution >= 0.6 is 11.6 Å². The Kier molecular flexibility index (Phi) is 5.32. The molecule has 1 aliphatic heterocycles. The molecule has 0 atom stereocenters. The van der Waals surface area contributed by atoms with Gasteiger partial charge in [0.2, 0.25) is 0 Å². The van der Waals surface area contributed by atoms with E-state index in [9.17, 15) is 8.42 Å². The summed E-state index contributed by atoms with van der Waals surface area (Å²) < 4.78 is 33.8. The number of ether oxygens (including phenoxy) is 1. The van der Waals surface area contributed by atoms with Crippen LogP contribution in [-0.2, 0) is 10.2 Å². The maximum absolute atomic E-state index is 12.4. The maximum Gasteiger partial charge on any atom is 0.301 e. The average molecular weight is 334 g/mol. The molecule has 21 heavy (non-hydrogen) atoms. The molecule has 3 N–H and O–H groups in total. The van der Waals surface area contributed by atoms with Gasteiger partial charge in [0.15, 0.2) is 0 Å². The average Bonchev–Trinajstić information content (AvgIpc) is 2.49. The number of hydrogen-bond acceptors (Lipinski definition) is 4. The predicted octanol–water partition coefficient (Wildman–Crippen LogP) is 1.68.